The van der Waals surface area contributed by atoms with Gasteiger partial charge in [-0.15, -0.1) is 11.3 Å². The number of aliphatic carboxylic acids is 1. The number of thiazole rings is 1. The summed E-state index contributed by atoms with van der Waals surface area (Å²) in [5.41, 5.74) is 2.97. The predicted molar refractivity (Wildman–Crippen MR) is 53.2 cm³/mol. The maximum absolute atomic E-state index is 10.5. The molecule has 0 unspecified atom stereocenters. The van der Waals surface area contributed by atoms with Crippen LogP contribution in [0.2, 0.25) is 0 Å². The molecule has 0 radical (unpaired) electrons. The van der Waals surface area contributed by atoms with E-state index in [0.717, 1.165) is 5.52 Å². The van der Waals surface area contributed by atoms with Crippen LogP contribution < -0.4 is 0 Å². The summed E-state index contributed by atoms with van der Waals surface area (Å²) in [5.74, 6) is -1.41. The van der Waals surface area contributed by atoms with Gasteiger partial charge in [0.1, 0.15) is 0 Å². The molecule has 0 atom stereocenters. The molecular weight excluding hydrogens is 205 g/mol. The van der Waals surface area contributed by atoms with Gasteiger partial charge in [-0.1, -0.05) is 12.1 Å². The summed E-state index contributed by atoms with van der Waals surface area (Å²) in [4.78, 5) is 13.1. The van der Waals surface area contributed by atoms with Gasteiger partial charge in [0.2, 0.25) is 0 Å². The van der Waals surface area contributed by atoms with Gasteiger partial charge in [-0.2, -0.15) is 0 Å². The molecule has 14 heavy (non-hydrogen) atoms. The molecule has 0 fully saturated rings. The summed E-state index contributed by atoms with van der Waals surface area (Å²) in [7, 11) is 0. The van der Waals surface area contributed by atoms with E-state index in [1.54, 1.807) is 11.3 Å². The molecule has 1 N–H and O–H groups in total. The van der Waals surface area contributed by atoms with E-state index >= 15 is 0 Å². The van der Waals surface area contributed by atoms with Gasteiger partial charge in [-0.25, -0.2) is 14.2 Å². The molecule has 5 heteroatoms. The van der Waals surface area contributed by atoms with Gasteiger partial charge in [0.25, 0.3) is 0 Å². The molecule has 74 valence electrons. The predicted octanol–water partition coefficient (Wildman–Crippen LogP) is 2.34. The topological polar surface area (TPSA) is 50.2 Å². The second-order valence-corrected chi connectivity index (χ2v) is 3.23. The first-order chi connectivity index (χ1) is 6.74. The molecular formula is C9H8FNO2S. The fourth-order valence-electron chi connectivity index (χ4n) is 0.803. The molecule has 2 aromatic rings. The van der Waals surface area contributed by atoms with Gasteiger partial charge in [-0.3, -0.25) is 0 Å². The number of benzene rings is 1. The Morgan fingerprint density at radius 1 is 1.50 bits per heavy atom. The van der Waals surface area contributed by atoms with Crippen LogP contribution in [0, 0.1) is 0 Å². The van der Waals surface area contributed by atoms with Gasteiger partial charge >= 0.3 is 5.97 Å². The molecule has 2 rings (SSSR count). The van der Waals surface area contributed by atoms with Crippen molar-refractivity contribution in [3.05, 3.63) is 29.8 Å². The van der Waals surface area contributed by atoms with Crippen molar-refractivity contribution >= 4 is 27.5 Å². The van der Waals surface area contributed by atoms with Crippen LogP contribution in [0.3, 0.4) is 0 Å². The lowest BCUT2D eigenvalue weighted by Gasteiger charge is -1.80. The maximum Gasteiger partial charge on any atom is 0.335 e. The number of carboxylic acids is 1. The van der Waals surface area contributed by atoms with Crippen LogP contribution >= 0.6 is 11.3 Å². The lowest BCUT2D eigenvalue weighted by molar-refractivity contribution is -0.137. The molecule has 0 amide bonds. The Balaban J connectivity index is 0.000000171. The molecule has 0 saturated carbocycles. The number of rotatable bonds is 1. The number of alkyl halides is 1. The molecule has 1 aromatic carbocycles. The zero-order chi connectivity index (χ0) is 10.4. The first-order valence-electron chi connectivity index (χ1n) is 3.80. The highest BCUT2D eigenvalue weighted by Gasteiger charge is 1.89. The average molecular weight is 213 g/mol. The van der Waals surface area contributed by atoms with E-state index in [2.05, 4.69) is 11.1 Å². The highest BCUT2D eigenvalue weighted by Crippen LogP contribution is 2.15. The SMILES string of the molecule is O=C(O)CF.c1ccc2scnc2c1. The number of aromatic nitrogens is 1. The van der Waals surface area contributed by atoms with Gasteiger partial charge in [-0.05, 0) is 12.1 Å². The Bertz CT molecular complexity index is 386. The molecule has 1 heterocycles. The van der Waals surface area contributed by atoms with Crippen LogP contribution in [0.1, 0.15) is 0 Å². The molecule has 1 aromatic heterocycles. The van der Waals surface area contributed by atoms with Crippen LogP contribution in [0.4, 0.5) is 4.39 Å². The van der Waals surface area contributed by atoms with Crippen molar-refractivity contribution in [2.24, 2.45) is 0 Å². The Kier molecular flexibility index (Phi) is 4.00. The lowest BCUT2D eigenvalue weighted by Crippen LogP contribution is -1.93. The van der Waals surface area contributed by atoms with Crippen molar-refractivity contribution in [1.29, 1.82) is 0 Å². The molecule has 0 bridgehead atoms. The number of hydrogen-bond acceptors (Lipinski definition) is 3. The Hall–Kier alpha value is -1.49. The van der Waals surface area contributed by atoms with Crippen molar-refractivity contribution in [1.82, 2.24) is 4.98 Å². The van der Waals surface area contributed by atoms with E-state index in [1.165, 1.54) is 4.70 Å². The third kappa shape index (κ3) is 3.10. The van der Waals surface area contributed by atoms with Crippen LogP contribution in [0.25, 0.3) is 10.2 Å². The number of fused-ring (bicyclic) bond motifs is 1. The molecule has 0 spiro atoms. The van der Waals surface area contributed by atoms with Crippen LogP contribution in [0.5, 0.6) is 0 Å². The third-order valence-electron chi connectivity index (χ3n) is 1.35. The number of hydrogen-bond donors (Lipinski definition) is 1. The van der Waals surface area contributed by atoms with Crippen molar-refractivity contribution in [2.45, 2.75) is 0 Å². The van der Waals surface area contributed by atoms with E-state index < -0.39 is 12.6 Å². The third-order valence-corrected chi connectivity index (χ3v) is 2.16. The minimum atomic E-state index is -1.41. The lowest BCUT2D eigenvalue weighted by atomic mass is 10.3. The molecule has 3 nitrogen and oxygen atoms in total. The van der Waals surface area contributed by atoms with Crippen molar-refractivity contribution < 1.29 is 14.3 Å². The highest BCUT2D eigenvalue weighted by molar-refractivity contribution is 7.16. The van der Waals surface area contributed by atoms with Gasteiger partial charge < -0.3 is 5.11 Å². The van der Waals surface area contributed by atoms with Crippen molar-refractivity contribution in [2.75, 3.05) is 6.67 Å². The first kappa shape index (κ1) is 10.6. The second kappa shape index (κ2) is 5.29. The Labute approximate surface area is 83.8 Å². The molecule has 0 aliphatic heterocycles. The summed E-state index contributed by atoms with van der Waals surface area (Å²) in [6.45, 7) is -1.28. The fourth-order valence-corrected chi connectivity index (χ4v) is 1.48. The smallest absolute Gasteiger partial charge is 0.335 e. The van der Waals surface area contributed by atoms with E-state index in [4.69, 9.17) is 9.90 Å². The summed E-state index contributed by atoms with van der Waals surface area (Å²) < 4.78 is 11.8. The van der Waals surface area contributed by atoms with Crippen LogP contribution in [0.15, 0.2) is 29.8 Å². The first-order valence-corrected chi connectivity index (χ1v) is 4.68. The monoisotopic (exact) mass is 213 g/mol. The van der Waals surface area contributed by atoms with E-state index in [0.29, 0.717) is 0 Å². The summed E-state index contributed by atoms with van der Waals surface area (Å²) in [5, 5.41) is 7.35. The molecule has 0 saturated heterocycles. The number of carbonyl (C=O) groups is 1. The summed E-state index contributed by atoms with van der Waals surface area (Å²) >= 11 is 1.68. The Morgan fingerprint density at radius 3 is 2.71 bits per heavy atom. The fraction of sp³-hybridized carbons (Fsp3) is 0.111. The molecule has 0 aliphatic carbocycles. The quantitative estimate of drug-likeness (QED) is 0.791. The van der Waals surface area contributed by atoms with Crippen LogP contribution in [-0.4, -0.2) is 22.7 Å². The highest BCUT2D eigenvalue weighted by atomic mass is 32.1. The minimum absolute atomic E-state index is 1.10. The normalized spacial score (nSPS) is 9.21. The van der Waals surface area contributed by atoms with Gasteiger partial charge in [0.15, 0.2) is 6.67 Å². The Morgan fingerprint density at radius 2 is 2.14 bits per heavy atom. The largest absolute Gasteiger partial charge is 0.479 e. The minimum Gasteiger partial charge on any atom is -0.479 e. The van der Waals surface area contributed by atoms with E-state index in [9.17, 15) is 4.39 Å². The van der Waals surface area contributed by atoms with Gasteiger partial charge in [0, 0.05) is 0 Å². The van der Waals surface area contributed by atoms with Crippen molar-refractivity contribution in [3.8, 4) is 0 Å². The van der Waals surface area contributed by atoms with Crippen LogP contribution in [-0.2, 0) is 4.79 Å². The second-order valence-electron chi connectivity index (χ2n) is 2.35. The summed E-state index contributed by atoms with van der Waals surface area (Å²) in [6, 6.07) is 8.13. The number of halogens is 1. The van der Waals surface area contributed by atoms with E-state index in [-0.39, 0.29) is 0 Å². The summed E-state index contributed by atoms with van der Waals surface area (Å²) in [6.07, 6.45) is 0. The number of para-hydroxylation sites is 1. The average Bonchev–Trinajstić information content (AvgIpc) is 2.66. The molecule has 0 aliphatic rings. The maximum atomic E-state index is 10.5. The van der Waals surface area contributed by atoms with Gasteiger partial charge in [0.05, 0.1) is 15.7 Å². The number of nitrogens with zero attached hydrogens (tertiary/aromatic N) is 1. The standard InChI is InChI=1S/C7H5NS.C2H3FO2/c1-2-4-7-6(3-1)8-5-9-7;3-1-2(4)5/h1-5H;1H2,(H,4,5). The van der Waals surface area contributed by atoms with E-state index in [1.807, 2.05) is 23.7 Å². The number of carboxylic acid groups (broad SMARTS) is 1. The zero-order valence-corrected chi connectivity index (χ0v) is 8.00. The van der Waals surface area contributed by atoms with Crippen molar-refractivity contribution in [3.63, 3.8) is 0 Å². The zero-order valence-electron chi connectivity index (χ0n) is 7.18.